The number of aliphatic hydroxyl groups excluding tert-OH is 1. The van der Waals surface area contributed by atoms with Gasteiger partial charge in [0.05, 0.1) is 17.9 Å². The van der Waals surface area contributed by atoms with Crippen LogP contribution in [0.15, 0.2) is 4.99 Å². The number of hydrogen-bond donors (Lipinski definition) is 2. The number of carboxylic acids is 1. The molecule has 0 fully saturated rings. The summed E-state index contributed by atoms with van der Waals surface area (Å²) in [7, 11) is 0. The Hall–Kier alpha value is -0.100. The van der Waals surface area contributed by atoms with Crippen molar-refractivity contribution in [2.45, 2.75) is 19.1 Å². The van der Waals surface area contributed by atoms with Crippen molar-refractivity contribution in [1.82, 2.24) is 5.32 Å². The topological polar surface area (TPSA) is 84.8 Å². The van der Waals surface area contributed by atoms with E-state index in [-0.39, 0.29) is 36.1 Å². The van der Waals surface area contributed by atoms with E-state index in [1.807, 2.05) is 0 Å². The summed E-state index contributed by atoms with van der Waals surface area (Å²) >= 11 is 0. The second kappa shape index (κ2) is 4.81. The number of carboxylic acid groups (broad SMARTS) is 1. The number of nitrogens with zero attached hydrogens (tertiary/aromatic N) is 1. The number of carbonyl (C=O) groups excluding carboxylic acids is 1. The molecule has 0 radical (unpaired) electrons. The molecule has 2 N–H and O–H groups in total. The maximum Gasteiger partial charge on any atom is 1.00 e. The molecule has 1 aliphatic rings. The Morgan fingerprint density at radius 1 is 1.83 bits per heavy atom. The molecular formula is C6H9N2NaO3. The molecule has 0 aromatic carbocycles. The number of nitrogens with one attached hydrogen (secondary N) is 1. The molecule has 0 aromatic rings. The molecule has 1 heterocycles. The van der Waals surface area contributed by atoms with Crippen LogP contribution < -0.4 is 40.0 Å². The fourth-order valence-corrected chi connectivity index (χ4v) is 0.914. The fourth-order valence-electron chi connectivity index (χ4n) is 0.914. The van der Waals surface area contributed by atoms with Crippen LogP contribution in [0.2, 0.25) is 0 Å². The molecule has 0 aliphatic carbocycles. The molecule has 0 spiro atoms. The van der Waals surface area contributed by atoms with Gasteiger partial charge in [0.15, 0.2) is 0 Å². The summed E-state index contributed by atoms with van der Waals surface area (Å²) in [6.07, 6.45) is -0.983. The van der Waals surface area contributed by atoms with Gasteiger partial charge in [-0.2, -0.15) is 0 Å². The summed E-state index contributed by atoms with van der Waals surface area (Å²) in [6, 6.07) is -1.11. The first-order valence-electron chi connectivity index (χ1n) is 3.28. The van der Waals surface area contributed by atoms with Gasteiger partial charge < -0.3 is 20.3 Å². The molecule has 12 heavy (non-hydrogen) atoms. The first-order chi connectivity index (χ1) is 5.11. The largest absolute Gasteiger partial charge is 1.00 e. The Balaban J connectivity index is 0.00000121. The standard InChI is InChI=1S/C6H10N2O3.Na/c1-3-7-2-4(9)5(8-3)6(10)11;/h4-5,9H,2H2,1H3,(H,7,8)(H,10,11);/q;+1/p-1. The maximum atomic E-state index is 10.3. The van der Waals surface area contributed by atoms with Gasteiger partial charge in [0.1, 0.15) is 6.04 Å². The van der Waals surface area contributed by atoms with Crippen LogP contribution in [0.5, 0.6) is 0 Å². The van der Waals surface area contributed by atoms with Crippen molar-refractivity contribution >= 4 is 11.8 Å². The maximum absolute atomic E-state index is 10.3. The van der Waals surface area contributed by atoms with E-state index in [9.17, 15) is 9.90 Å². The summed E-state index contributed by atoms with van der Waals surface area (Å²) in [5.74, 6) is -0.817. The number of aliphatic carboxylic acids is 1. The van der Waals surface area contributed by atoms with Crippen LogP contribution in [0.4, 0.5) is 0 Å². The summed E-state index contributed by atoms with van der Waals surface area (Å²) < 4.78 is 0. The van der Waals surface area contributed by atoms with Gasteiger partial charge in [-0.15, -0.1) is 0 Å². The quantitative estimate of drug-likeness (QED) is 0.394. The second-order valence-corrected chi connectivity index (χ2v) is 2.43. The van der Waals surface area contributed by atoms with Gasteiger partial charge in [0.2, 0.25) is 0 Å². The van der Waals surface area contributed by atoms with Crippen molar-refractivity contribution in [3.05, 3.63) is 0 Å². The van der Waals surface area contributed by atoms with Gasteiger partial charge >= 0.3 is 29.6 Å². The summed E-state index contributed by atoms with van der Waals surface area (Å²) in [6.45, 7) is 1.86. The number of amidine groups is 1. The van der Waals surface area contributed by atoms with Crippen molar-refractivity contribution in [1.29, 1.82) is 0 Å². The second-order valence-electron chi connectivity index (χ2n) is 2.43. The van der Waals surface area contributed by atoms with Crippen molar-refractivity contribution in [2.24, 2.45) is 4.99 Å². The van der Waals surface area contributed by atoms with Crippen molar-refractivity contribution in [3.8, 4) is 0 Å². The summed E-state index contributed by atoms with van der Waals surface area (Å²) in [5, 5.41) is 22.1. The Kier molecular flexibility index (Phi) is 4.77. The molecule has 0 amide bonds. The molecule has 62 valence electrons. The SMILES string of the molecule is CC1=NC(C(=O)[O-])C(O)CN1.[Na+]. The van der Waals surface area contributed by atoms with E-state index in [0.717, 1.165) is 0 Å². The van der Waals surface area contributed by atoms with E-state index in [1.165, 1.54) is 0 Å². The van der Waals surface area contributed by atoms with Gasteiger partial charge in [0, 0.05) is 6.54 Å². The minimum atomic E-state index is -1.33. The molecule has 6 heteroatoms. The predicted molar refractivity (Wildman–Crippen MR) is 35.9 cm³/mol. The molecule has 2 unspecified atom stereocenters. The number of β-amino-alcohol motifs (C(OH)–C–C–N with tert-alkyl or cyclic N) is 1. The third kappa shape index (κ3) is 2.75. The van der Waals surface area contributed by atoms with Gasteiger partial charge in [-0.05, 0) is 6.92 Å². The molecule has 0 bridgehead atoms. The molecular weight excluding hydrogens is 171 g/mol. The third-order valence-corrected chi connectivity index (χ3v) is 1.51. The van der Waals surface area contributed by atoms with Crippen LogP contribution in [-0.2, 0) is 4.79 Å². The van der Waals surface area contributed by atoms with Gasteiger partial charge in [-0.1, -0.05) is 0 Å². The molecule has 1 aliphatic heterocycles. The Morgan fingerprint density at radius 3 is 2.83 bits per heavy atom. The number of rotatable bonds is 1. The minimum Gasteiger partial charge on any atom is -0.548 e. The average Bonchev–Trinajstić information content (AvgIpc) is 1.94. The Labute approximate surface area is 92.2 Å². The third-order valence-electron chi connectivity index (χ3n) is 1.51. The van der Waals surface area contributed by atoms with Gasteiger partial charge in [-0.3, -0.25) is 4.99 Å². The van der Waals surface area contributed by atoms with Crippen molar-refractivity contribution in [3.63, 3.8) is 0 Å². The first-order valence-corrected chi connectivity index (χ1v) is 3.28. The van der Waals surface area contributed by atoms with Crippen molar-refractivity contribution in [2.75, 3.05) is 6.54 Å². The fraction of sp³-hybridized carbons (Fsp3) is 0.667. The van der Waals surface area contributed by atoms with Gasteiger partial charge in [-0.25, -0.2) is 0 Å². The number of hydrogen-bond acceptors (Lipinski definition) is 5. The van der Waals surface area contributed by atoms with Crippen LogP contribution in [0.25, 0.3) is 0 Å². The normalized spacial score (nSPS) is 28.0. The van der Waals surface area contributed by atoms with Crippen molar-refractivity contribution < 1.29 is 44.6 Å². The zero-order valence-electron chi connectivity index (χ0n) is 7.07. The Morgan fingerprint density at radius 2 is 2.42 bits per heavy atom. The molecule has 0 aromatic heterocycles. The van der Waals surface area contributed by atoms with E-state index in [2.05, 4.69) is 10.3 Å². The minimum absolute atomic E-state index is 0. The van der Waals surface area contributed by atoms with E-state index >= 15 is 0 Å². The molecule has 1 rings (SSSR count). The van der Waals surface area contributed by atoms with Crippen LogP contribution >= 0.6 is 0 Å². The molecule has 0 saturated heterocycles. The van der Waals surface area contributed by atoms with E-state index in [1.54, 1.807) is 6.92 Å². The summed E-state index contributed by atoms with van der Waals surface area (Å²) in [4.78, 5) is 14.0. The van der Waals surface area contributed by atoms with Crippen LogP contribution in [0.1, 0.15) is 6.92 Å². The van der Waals surface area contributed by atoms with E-state index in [4.69, 9.17) is 5.11 Å². The number of aliphatic hydroxyl groups is 1. The first kappa shape index (κ1) is 11.9. The zero-order chi connectivity index (χ0) is 8.43. The van der Waals surface area contributed by atoms with E-state index in [0.29, 0.717) is 5.84 Å². The average molecular weight is 180 g/mol. The zero-order valence-corrected chi connectivity index (χ0v) is 9.07. The van der Waals surface area contributed by atoms with E-state index < -0.39 is 18.1 Å². The summed E-state index contributed by atoms with van der Waals surface area (Å²) in [5.41, 5.74) is 0. The number of aliphatic imine (C=N–C) groups is 1. The molecule has 0 saturated carbocycles. The predicted octanol–water partition coefficient (Wildman–Crippen LogP) is -5.51. The van der Waals surface area contributed by atoms with Gasteiger partial charge in [0.25, 0.3) is 0 Å². The van der Waals surface area contributed by atoms with Crippen LogP contribution in [0, 0.1) is 0 Å². The molecule has 5 nitrogen and oxygen atoms in total. The monoisotopic (exact) mass is 180 g/mol. The van der Waals surface area contributed by atoms with Crippen LogP contribution in [-0.4, -0.2) is 35.6 Å². The number of carbonyl (C=O) groups is 1. The van der Waals surface area contributed by atoms with Crippen LogP contribution in [0.3, 0.4) is 0 Å². The smallest absolute Gasteiger partial charge is 0.548 e. The molecule has 2 atom stereocenters. The Bertz CT molecular complexity index is 207.